The van der Waals surface area contributed by atoms with E-state index in [9.17, 15) is 18.0 Å². The third-order valence-electron chi connectivity index (χ3n) is 3.93. The fourth-order valence-corrected chi connectivity index (χ4v) is 3.92. The number of alkyl halides is 4. The molecule has 0 bridgehead atoms. The summed E-state index contributed by atoms with van der Waals surface area (Å²) in [7, 11) is 0. The predicted molar refractivity (Wildman–Crippen MR) is 110 cm³/mol. The van der Waals surface area contributed by atoms with E-state index < -0.39 is 23.7 Å². The van der Waals surface area contributed by atoms with Crippen molar-refractivity contribution in [2.45, 2.75) is 42.4 Å². The quantitative estimate of drug-likeness (QED) is 0.256. The summed E-state index contributed by atoms with van der Waals surface area (Å²) in [4.78, 5) is 13.1. The summed E-state index contributed by atoms with van der Waals surface area (Å²) in [5, 5.41) is -1.41. The molecule has 2 atom stereocenters. The average Bonchev–Trinajstić information content (AvgIpc) is 2.67. The molecule has 0 saturated heterocycles. The molecule has 0 aliphatic heterocycles. The summed E-state index contributed by atoms with van der Waals surface area (Å²) < 4.78 is 47.3. The fourth-order valence-electron chi connectivity index (χ4n) is 2.48. The van der Waals surface area contributed by atoms with E-state index in [0.717, 1.165) is 5.56 Å². The van der Waals surface area contributed by atoms with Crippen LogP contribution in [0.4, 0.5) is 18.0 Å². The van der Waals surface area contributed by atoms with Crippen molar-refractivity contribution in [3.8, 4) is 0 Å². The van der Waals surface area contributed by atoms with Gasteiger partial charge in [0.25, 0.3) is 0 Å². The summed E-state index contributed by atoms with van der Waals surface area (Å²) in [6.07, 6.45) is -4.70. The van der Waals surface area contributed by atoms with E-state index in [1.165, 1.54) is 6.08 Å². The third kappa shape index (κ3) is 7.01. The first-order valence-electron chi connectivity index (χ1n) is 8.78. The molecule has 156 valence electrons. The molecular formula is C21H21ClF3NO2S. The van der Waals surface area contributed by atoms with Crippen molar-refractivity contribution >= 4 is 29.6 Å². The van der Waals surface area contributed by atoms with Gasteiger partial charge in [0.05, 0.1) is 5.38 Å². The Morgan fingerprint density at radius 1 is 1.21 bits per heavy atom. The highest BCUT2D eigenvalue weighted by Gasteiger charge is 2.50. The molecule has 0 unspecified atom stereocenters. The van der Waals surface area contributed by atoms with Crippen molar-refractivity contribution < 1.29 is 22.7 Å². The van der Waals surface area contributed by atoms with E-state index in [2.05, 4.69) is 6.58 Å². The maximum Gasteiger partial charge on any atom is 0.421 e. The Labute approximate surface area is 177 Å². The van der Waals surface area contributed by atoms with Gasteiger partial charge in [0.15, 0.2) is 6.04 Å². The molecule has 29 heavy (non-hydrogen) atoms. The van der Waals surface area contributed by atoms with Crippen LogP contribution in [0.2, 0.25) is 0 Å². The van der Waals surface area contributed by atoms with Crippen molar-refractivity contribution in [1.82, 2.24) is 4.31 Å². The number of nitrogens with zero attached hydrogens (tertiary/aromatic N) is 1. The van der Waals surface area contributed by atoms with E-state index in [-0.39, 0.29) is 13.0 Å². The molecule has 0 fully saturated rings. The lowest BCUT2D eigenvalue weighted by Gasteiger charge is -2.33. The molecule has 1 amide bonds. The smallest absolute Gasteiger partial charge is 0.421 e. The monoisotopic (exact) mass is 443 g/mol. The Morgan fingerprint density at radius 3 is 2.38 bits per heavy atom. The minimum Gasteiger partial charge on any atom is -0.444 e. The highest BCUT2D eigenvalue weighted by Crippen LogP contribution is 2.38. The van der Waals surface area contributed by atoms with Crippen molar-refractivity contribution in [2.24, 2.45) is 0 Å². The first-order chi connectivity index (χ1) is 13.7. The molecule has 0 radical (unpaired) electrons. The van der Waals surface area contributed by atoms with E-state index in [4.69, 9.17) is 16.3 Å². The molecule has 0 saturated carbocycles. The fraction of sp³-hybridized carbons (Fsp3) is 0.286. The molecule has 0 aliphatic carbocycles. The molecule has 0 N–H and O–H groups in total. The summed E-state index contributed by atoms with van der Waals surface area (Å²) in [6.45, 7) is 5.16. The van der Waals surface area contributed by atoms with Gasteiger partial charge in [-0.3, -0.25) is 0 Å². The summed E-state index contributed by atoms with van der Waals surface area (Å²) in [5.41, 5.74) is 1.61. The number of amides is 1. The third-order valence-corrected chi connectivity index (χ3v) is 5.40. The highest BCUT2D eigenvalue weighted by molar-refractivity contribution is 7.97. The number of hydrogen-bond donors (Lipinski definition) is 0. The van der Waals surface area contributed by atoms with Crippen LogP contribution in [0.1, 0.15) is 17.5 Å². The van der Waals surface area contributed by atoms with Crippen LogP contribution < -0.4 is 0 Å². The van der Waals surface area contributed by atoms with E-state index >= 15 is 0 Å². The Kier molecular flexibility index (Phi) is 8.46. The number of carbonyl (C=O) groups excluding carboxylic acids is 1. The first-order valence-corrected chi connectivity index (χ1v) is 9.99. The molecule has 0 heterocycles. The first kappa shape index (κ1) is 23.2. The molecule has 3 nitrogen and oxygen atoms in total. The Balaban J connectivity index is 2.30. The number of allylic oxidation sites excluding steroid dienone is 1. The van der Waals surface area contributed by atoms with Crippen LogP contribution in [-0.2, 0) is 11.3 Å². The largest absolute Gasteiger partial charge is 0.444 e. The van der Waals surface area contributed by atoms with Crippen LogP contribution in [0.5, 0.6) is 0 Å². The summed E-state index contributed by atoms with van der Waals surface area (Å²) in [5.74, 6) is 0. The van der Waals surface area contributed by atoms with Gasteiger partial charge >= 0.3 is 12.3 Å². The number of hydrogen-bond acceptors (Lipinski definition) is 3. The molecular weight excluding hydrogens is 423 g/mol. The summed E-state index contributed by atoms with van der Waals surface area (Å²) in [6, 6.07) is 13.2. The second-order valence-electron chi connectivity index (χ2n) is 6.30. The maximum absolute atomic E-state index is 13.9. The molecule has 0 spiro atoms. The molecule has 0 aliphatic rings. The van der Waals surface area contributed by atoms with Gasteiger partial charge in [0, 0.05) is 4.90 Å². The van der Waals surface area contributed by atoms with Crippen LogP contribution in [0.15, 0.2) is 72.1 Å². The van der Waals surface area contributed by atoms with Gasteiger partial charge in [-0.15, -0.1) is 18.2 Å². The second-order valence-corrected chi connectivity index (χ2v) is 7.91. The lowest BCUT2D eigenvalue weighted by molar-refractivity contribution is -0.167. The molecule has 2 rings (SSSR count). The molecule has 0 aromatic heterocycles. The number of halogens is 4. The van der Waals surface area contributed by atoms with Gasteiger partial charge in [-0.2, -0.15) is 13.2 Å². The average molecular weight is 444 g/mol. The predicted octanol–water partition coefficient (Wildman–Crippen LogP) is 6.76. The van der Waals surface area contributed by atoms with Crippen molar-refractivity contribution in [3.05, 3.63) is 78.4 Å². The van der Waals surface area contributed by atoms with Crippen molar-refractivity contribution in [1.29, 1.82) is 0 Å². The Bertz CT molecular complexity index is 800. The van der Waals surface area contributed by atoms with Crippen molar-refractivity contribution in [3.63, 3.8) is 0 Å². The standard InChI is InChI=1S/C21H21ClF3NO2S/c1-3-7-18(22)19(21(23,24)25)26(29-17-12-10-15(2)11-13-17)20(27)28-14-16-8-5-4-6-9-16/h3-6,8-13,18-19H,1,7,14H2,2H3/t18-,19+/m0/s1. The lowest BCUT2D eigenvalue weighted by Crippen LogP contribution is -2.50. The van der Waals surface area contributed by atoms with Gasteiger partial charge in [-0.1, -0.05) is 54.1 Å². The zero-order valence-electron chi connectivity index (χ0n) is 15.7. The van der Waals surface area contributed by atoms with Crippen LogP contribution in [-0.4, -0.2) is 28.0 Å². The molecule has 2 aromatic rings. The number of carbonyl (C=O) groups is 1. The van der Waals surface area contributed by atoms with Crippen LogP contribution in [0, 0.1) is 6.92 Å². The van der Waals surface area contributed by atoms with Gasteiger partial charge in [-0.05, 0) is 43.0 Å². The molecule has 8 heteroatoms. The second kappa shape index (κ2) is 10.6. The van der Waals surface area contributed by atoms with Crippen LogP contribution >= 0.6 is 23.5 Å². The van der Waals surface area contributed by atoms with E-state index in [0.29, 0.717) is 26.7 Å². The normalized spacial score (nSPS) is 13.4. The molecule has 2 aromatic carbocycles. The SMILES string of the molecule is C=CC[C@H](Cl)[C@@H](N(Sc1ccc(C)cc1)C(=O)OCc1ccccc1)C(F)(F)F. The number of aryl methyl sites for hydroxylation is 1. The van der Waals surface area contributed by atoms with Gasteiger partial charge < -0.3 is 4.74 Å². The number of rotatable bonds is 8. The lowest BCUT2D eigenvalue weighted by atomic mass is 10.1. The van der Waals surface area contributed by atoms with E-state index in [1.807, 2.05) is 6.92 Å². The summed E-state index contributed by atoms with van der Waals surface area (Å²) >= 11 is 6.67. The number of benzene rings is 2. The van der Waals surface area contributed by atoms with E-state index in [1.54, 1.807) is 54.6 Å². The van der Waals surface area contributed by atoms with Gasteiger partial charge in [0.1, 0.15) is 6.61 Å². The zero-order valence-corrected chi connectivity index (χ0v) is 17.3. The zero-order chi connectivity index (χ0) is 21.4. The highest BCUT2D eigenvalue weighted by atomic mass is 35.5. The Hall–Kier alpha value is -2.12. The topological polar surface area (TPSA) is 29.5 Å². The minimum atomic E-state index is -4.75. The van der Waals surface area contributed by atoms with Crippen LogP contribution in [0.25, 0.3) is 0 Å². The van der Waals surface area contributed by atoms with Crippen LogP contribution in [0.3, 0.4) is 0 Å². The minimum absolute atomic E-state index is 0.122. The number of ether oxygens (including phenoxy) is 1. The maximum atomic E-state index is 13.9. The van der Waals surface area contributed by atoms with Crippen molar-refractivity contribution in [2.75, 3.05) is 0 Å². The Morgan fingerprint density at radius 2 is 1.83 bits per heavy atom. The van der Waals surface area contributed by atoms with Gasteiger partial charge in [0.2, 0.25) is 0 Å². The van der Waals surface area contributed by atoms with Gasteiger partial charge in [-0.25, -0.2) is 9.10 Å².